The van der Waals surface area contributed by atoms with Gasteiger partial charge in [-0.1, -0.05) is 11.1 Å². The van der Waals surface area contributed by atoms with Crippen LogP contribution in [-0.4, -0.2) is 22.8 Å². The van der Waals surface area contributed by atoms with E-state index in [9.17, 15) is 15.2 Å². The molecule has 2 bridgehead atoms. The number of hydrogen-bond acceptors (Lipinski definition) is 4. The molecule has 10 fully saturated rings. The van der Waals surface area contributed by atoms with Gasteiger partial charge in [0.2, 0.25) is 0 Å². The average molecular weight is 343 g/mol. The van der Waals surface area contributed by atoms with E-state index in [1.165, 1.54) is 5.57 Å². The minimum Gasteiger partial charge on any atom is -0.461 e. The Balaban J connectivity index is 1.47. The van der Waals surface area contributed by atoms with Gasteiger partial charge in [-0.3, -0.25) is 4.79 Å². The van der Waals surface area contributed by atoms with Gasteiger partial charge in [0.05, 0.1) is 23.0 Å². The third kappa shape index (κ3) is 0.553. The summed E-state index contributed by atoms with van der Waals surface area (Å²) in [4.78, 5) is 13.2. The fraction of sp³-hybridized carbons (Fsp3) is 0.818. The highest BCUT2D eigenvalue weighted by molar-refractivity contribution is 5.79. The van der Waals surface area contributed by atoms with Crippen molar-refractivity contribution in [2.24, 2.45) is 94.2 Å². The van der Waals surface area contributed by atoms with Crippen LogP contribution in [0.5, 0.6) is 0 Å². The second-order valence-electron chi connectivity index (χ2n) is 11.8. The number of carbonyl (C=O) groups excluding carboxylic acids is 1. The molecular formula is C22H17NO3. The first-order valence-electron chi connectivity index (χ1n) is 10.8. The fourth-order valence-electron chi connectivity index (χ4n) is 14.2. The number of nitriles is 1. The van der Waals surface area contributed by atoms with Crippen molar-refractivity contribution in [2.75, 3.05) is 0 Å². The second-order valence-corrected chi connectivity index (χ2v) is 11.8. The van der Waals surface area contributed by atoms with Crippen molar-refractivity contribution in [3.63, 3.8) is 0 Å². The minimum absolute atomic E-state index is 0.105. The van der Waals surface area contributed by atoms with E-state index >= 15 is 0 Å². The van der Waals surface area contributed by atoms with E-state index in [4.69, 9.17) is 4.74 Å². The predicted octanol–water partition coefficient (Wildman–Crippen LogP) is 0.828. The lowest BCUT2D eigenvalue weighted by Crippen LogP contribution is -2.49. The van der Waals surface area contributed by atoms with E-state index in [2.05, 4.69) is 6.07 Å². The highest BCUT2D eigenvalue weighted by atomic mass is 16.5. The monoisotopic (exact) mass is 343 g/mol. The van der Waals surface area contributed by atoms with Gasteiger partial charge in [0.15, 0.2) is 0 Å². The highest BCUT2D eigenvalue weighted by Crippen LogP contribution is 2.99. The van der Waals surface area contributed by atoms with Gasteiger partial charge in [0.25, 0.3) is 0 Å². The largest absolute Gasteiger partial charge is 0.461 e. The predicted molar refractivity (Wildman–Crippen MR) is 82.3 cm³/mol. The Labute approximate surface area is 149 Å². The van der Waals surface area contributed by atoms with Crippen molar-refractivity contribution in [1.82, 2.24) is 0 Å². The quantitative estimate of drug-likeness (QED) is 0.522. The molecular weight excluding hydrogens is 326 g/mol. The maximum Gasteiger partial charge on any atom is 0.310 e. The summed E-state index contributed by atoms with van der Waals surface area (Å²) in [6.45, 7) is 0. The number of esters is 1. The normalized spacial score (nSPS) is 86.4. The van der Waals surface area contributed by atoms with E-state index in [1.807, 2.05) is 0 Å². The van der Waals surface area contributed by atoms with E-state index < -0.39 is 11.0 Å². The zero-order valence-electron chi connectivity index (χ0n) is 13.9. The van der Waals surface area contributed by atoms with Gasteiger partial charge in [0, 0.05) is 23.7 Å². The summed E-state index contributed by atoms with van der Waals surface area (Å²) < 4.78 is 6.29. The Morgan fingerprint density at radius 3 is 2.50 bits per heavy atom. The molecule has 2 aliphatic heterocycles. The summed E-state index contributed by atoms with van der Waals surface area (Å²) in [7, 11) is 0. The zero-order valence-corrected chi connectivity index (χ0v) is 13.9. The van der Waals surface area contributed by atoms with Gasteiger partial charge in [-0.15, -0.1) is 0 Å². The summed E-state index contributed by atoms with van der Waals surface area (Å²) in [6.07, 6.45) is 0.122. The molecule has 0 aromatic carbocycles. The molecule has 18 unspecified atom stereocenters. The minimum atomic E-state index is -0.733. The van der Waals surface area contributed by atoms with Crippen LogP contribution in [0.25, 0.3) is 0 Å². The summed E-state index contributed by atoms with van der Waals surface area (Å²) >= 11 is 0. The number of ether oxygens (including phenoxy) is 1. The van der Waals surface area contributed by atoms with Gasteiger partial charge in [-0.25, -0.2) is 0 Å². The number of hydrogen-bond donors (Lipinski definition) is 1. The molecule has 0 amide bonds. The Kier molecular flexibility index (Phi) is 1.11. The van der Waals surface area contributed by atoms with Gasteiger partial charge in [-0.05, 0) is 59.2 Å². The molecule has 4 heteroatoms. The average Bonchev–Trinajstić information content (AvgIpc) is 3.36. The van der Waals surface area contributed by atoms with E-state index in [0.29, 0.717) is 76.9 Å². The Hall–Kier alpha value is -1.34. The van der Waals surface area contributed by atoms with Gasteiger partial charge in [0.1, 0.15) is 6.10 Å². The SMILES string of the molecule is N#CC12C3C4=C5C6C7OC(=O)C8C5C3C3C8C5C7C7C6C4C1(O)C7C5C32. The first kappa shape index (κ1) is 11.5. The molecule has 2 heterocycles. The molecule has 26 heavy (non-hydrogen) atoms. The summed E-state index contributed by atoms with van der Waals surface area (Å²) in [5.74, 6) is 6.44. The highest BCUT2D eigenvalue weighted by Gasteiger charge is 3.02. The lowest BCUT2D eigenvalue weighted by atomic mass is 9.67. The maximum absolute atomic E-state index is 13.2. The van der Waals surface area contributed by atoms with Crippen LogP contribution in [0.15, 0.2) is 11.1 Å². The van der Waals surface area contributed by atoms with Crippen LogP contribution in [0.3, 0.4) is 0 Å². The third-order valence-corrected chi connectivity index (χ3v) is 13.0. The molecule has 128 valence electrons. The van der Waals surface area contributed by atoms with Crippen molar-refractivity contribution in [2.45, 2.75) is 11.7 Å². The smallest absolute Gasteiger partial charge is 0.310 e. The van der Waals surface area contributed by atoms with Crippen LogP contribution in [0.4, 0.5) is 0 Å². The van der Waals surface area contributed by atoms with Crippen molar-refractivity contribution < 1.29 is 14.6 Å². The summed E-state index contributed by atoms with van der Waals surface area (Å²) in [5.41, 5.74) is 1.89. The lowest BCUT2D eigenvalue weighted by molar-refractivity contribution is -0.156. The van der Waals surface area contributed by atoms with Crippen molar-refractivity contribution in [1.29, 1.82) is 5.26 Å². The fourth-order valence-corrected chi connectivity index (χ4v) is 14.2. The Morgan fingerprint density at radius 1 is 0.846 bits per heavy atom. The number of rotatable bonds is 0. The first-order valence-corrected chi connectivity index (χ1v) is 10.8. The third-order valence-electron chi connectivity index (χ3n) is 13.0. The zero-order chi connectivity index (χ0) is 16.4. The summed E-state index contributed by atoms with van der Waals surface area (Å²) in [5, 5.41) is 23.0. The van der Waals surface area contributed by atoms with Crippen molar-refractivity contribution in [3.8, 4) is 6.07 Å². The number of fused-ring (bicyclic) bond motifs is 1. The van der Waals surface area contributed by atoms with Crippen LogP contribution in [0.1, 0.15) is 0 Å². The van der Waals surface area contributed by atoms with E-state index in [1.54, 1.807) is 5.57 Å². The molecule has 0 aromatic rings. The molecule has 12 rings (SSSR count). The van der Waals surface area contributed by atoms with Gasteiger partial charge in [-0.2, -0.15) is 5.26 Å². The van der Waals surface area contributed by atoms with Gasteiger partial charge >= 0.3 is 5.97 Å². The van der Waals surface area contributed by atoms with Crippen LogP contribution >= 0.6 is 0 Å². The van der Waals surface area contributed by atoms with Gasteiger partial charge < -0.3 is 9.84 Å². The molecule has 18 atom stereocenters. The number of nitrogens with zero attached hydrogens (tertiary/aromatic N) is 1. The number of aliphatic hydroxyl groups is 1. The molecule has 0 spiro atoms. The van der Waals surface area contributed by atoms with Crippen LogP contribution < -0.4 is 0 Å². The van der Waals surface area contributed by atoms with Crippen LogP contribution in [0, 0.1) is 106 Å². The molecule has 2 saturated heterocycles. The van der Waals surface area contributed by atoms with Crippen molar-refractivity contribution in [3.05, 3.63) is 11.1 Å². The standard InChI is InChI=1S/C22H17NO3/c23-1-21-15-6-2-4-10-8-9-11-5-3(12(2)20(24)26-19(10)11)7(6)16(21)14(5)18(9)22(21,25)17(8)13(4)15/h2-4,6-13,15-19,25H. The molecule has 1 N–H and O–H groups in total. The molecule has 0 aromatic heterocycles. The van der Waals surface area contributed by atoms with Crippen LogP contribution in [-0.2, 0) is 9.53 Å². The first-order chi connectivity index (χ1) is 12.7. The lowest BCUT2D eigenvalue weighted by Gasteiger charge is -2.38. The molecule has 4 nitrogen and oxygen atoms in total. The summed E-state index contributed by atoms with van der Waals surface area (Å²) in [6, 6.07) is 2.85. The maximum atomic E-state index is 13.2. The topological polar surface area (TPSA) is 70.3 Å². The van der Waals surface area contributed by atoms with E-state index in [0.717, 1.165) is 0 Å². The molecule has 12 aliphatic rings. The van der Waals surface area contributed by atoms with Crippen LogP contribution in [0.2, 0.25) is 0 Å². The Bertz CT molecular complexity index is 1070. The van der Waals surface area contributed by atoms with Crippen molar-refractivity contribution >= 4 is 5.97 Å². The second kappa shape index (κ2) is 2.50. The molecule has 0 radical (unpaired) electrons. The van der Waals surface area contributed by atoms with E-state index in [-0.39, 0.29) is 23.9 Å². The number of carbonyl (C=O) groups is 1. The molecule has 8 saturated carbocycles. The molecule has 10 aliphatic carbocycles. The Morgan fingerprint density at radius 2 is 1.65 bits per heavy atom.